The van der Waals surface area contributed by atoms with Crippen LogP contribution < -0.4 is 5.73 Å². The summed E-state index contributed by atoms with van der Waals surface area (Å²) in [6.07, 6.45) is 4.54. The van der Waals surface area contributed by atoms with Gasteiger partial charge in [-0.3, -0.25) is 9.97 Å². The number of nitrogens with zero attached hydrogens (tertiary/aromatic N) is 3. The van der Waals surface area contributed by atoms with Gasteiger partial charge < -0.3 is 10.6 Å². The zero-order valence-electron chi connectivity index (χ0n) is 10.6. The summed E-state index contributed by atoms with van der Waals surface area (Å²) in [5.74, 6) is 0. The van der Waals surface area contributed by atoms with E-state index in [9.17, 15) is 0 Å². The van der Waals surface area contributed by atoms with E-state index in [0.717, 1.165) is 36.6 Å². The highest BCUT2D eigenvalue weighted by Gasteiger charge is 2.05. The zero-order chi connectivity index (χ0) is 12.8. The Labute approximate surface area is 107 Å². The first kappa shape index (κ1) is 12.5. The summed E-state index contributed by atoms with van der Waals surface area (Å²) in [6.45, 7) is 1.70. The van der Waals surface area contributed by atoms with Gasteiger partial charge in [0.1, 0.15) is 0 Å². The van der Waals surface area contributed by atoms with Gasteiger partial charge >= 0.3 is 0 Å². The predicted molar refractivity (Wildman–Crippen MR) is 72.9 cm³/mol. The molecule has 4 nitrogen and oxygen atoms in total. The van der Waals surface area contributed by atoms with E-state index in [1.807, 2.05) is 36.5 Å². The number of hydrogen-bond acceptors (Lipinski definition) is 4. The number of hydrogen-bond donors (Lipinski definition) is 1. The average molecular weight is 242 g/mol. The third-order valence-electron chi connectivity index (χ3n) is 2.82. The number of pyridine rings is 2. The van der Waals surface area contributed by atoms with Crippen LogP contribution in [0, 0.1) is 0 Å². The first-order valence-corrected chi connectivity index (χ1v) is 6.03. The second-order valence-corrected chi connectivity index (χ2v) is 4.35. The van der Waals surface area contributed by atoms with E-state index in [4.69, 9.17) is 5.73 Å². The minimum absolute atomic E-state index is 0.752. The molecule has 2 N–H and O–H groups in total. The van der Waals surface area contributed by atoms with Crippen molar-refractivity contribution in [3.8, 4) is 0 Å². The molecule has 2 aromatic rings. The Morgan fingerprint density at radius 2 is 1.94 bits per heavy atom. The molecule has 4 heteroatoms. The lowest BCUT2D eigenvalue weighted by Gasteiger charge is -2.16. The molecule has 0 aromatic carbocycles. The van der Waals surface area contributed by atoms with Crippen LogP contribution in [0.3, 0.4) is 0 Å². The van der Waals surface area contributed by atoms with E-state index >= 15 is 0 Å². The summed E-state index contributed by atoms with van der Waals surface area (Å²) < 4.78 is 0. The van der Waals surface area contributed by atoms with Crippen LogP contribution in [-0.4, -0.2) is 28.5 Å². The molecule has 2 aromatic heterocycles. The molecule has 0 bridgehead atoms. The number of aromatic nitrogens is 2. The van der Waals surface area contributed by atoms with Gasteiger partial charge in [0.25, 0.3) is 0 Å². The molecule has 0 fully saturated rings. The minimum atomic E-state index is 0.752. The van der Waals surface area contributed by atoms with Crippen molar-refractivity contribution in [1.29, 1.82) is 0 Å². The highest BCUT2D eigenvalue weighted by Crippen LogP contribution is 2.09. The molecule has 0 aliphatic heterocycles. The predicted octanol–water partition coefficient (Wildman–Crippen LogP) is 1.73. The lowest BCUT2D eigenvalue weighted by molar-refractivity contribution is 0.326. The van der Waals surface area contributed by atoms with Crippen molar-refractivity contribution in [2.24, 2.45) is 0 Å². The molecule has 0 aliphatic rings. The summed E-state index contributed by atoms with van der Waals surface area (Å²) >= 11 is 0. The molecule has 0 spiro atoms. The summed E-state index contributed by atoms with van der Waals surface area (Å²) in [6, 6.07) is 9.73. The van der Waals surface area contributed by atoms with E-state index in [1.54, 1.807) is 6.20 Å². The summed E-state index contributed by atoms with van der Waals surface area (Å²) in [7, 11) is 2.07. The van der Waals surface area contributed by atoms with Crippen LogP contribution >= 0.6 is 0 Å². The molecule has 0 atom stereocenters. The Bertz CT molecular complexity index is 484. The summed E-state index contributed by atoms with van der Waals surface area (Å²) in [5, 5.41) is 0. The molecule has 0 aliphatic carbocycles. The monoisotopic (exact) mass is 242 g/mol. The number of nitrogen functional groups attached to an aromatic ring is 1. The maximum absolute atomic E-state index is 5.87. The zero-order valence-corrected chi connectivity index (χ0v) is 10.6. The van der Waals surface area contributed by atoms with Gasteiger partial charge in [0.2, 0.25) is 0 Å². The second kappa shape index (κ2) is 6.12. The standard InChI is InChI=1S/C14H18N4/c1-18(10-7-12-5-2-3-8-16-12)11-14-13(15)6-4-9-17-14/h2-6,8-9H,7,10-11,15H2,1H3. The third kappa shape index (κ3) is 3.53. The summed E-state index contributed by atoms with van der Waals surface area (Å²) in [5.41, 5.74) is 8.67. The SMILES string of the molecule is CN(CCc1ccccn1)Cc1ncccc1N. The Hall–Kier alpha value is -1.94. The molecular formula is C14H18N4. The van der Waals surface area contributed by atoms with Crippen molar-refractivity contribution in [3.63, 3.8) is 0 Å². The number of nitrogens with two attached hydrogens (primary N) is 1. The molecule has 94 valence electrons. The minimum Gasteiger partial charge on any atom is -0.397 e. The van der Waals surface area contributed by atoms with Crippen LogP contribution in [0.5, 0.6) is 0 Å². The van der Waals surface area contributed by atoms with Gasteiger partial charge in [0.15, 0.2) is 0 Å². The second-order valence-electron chi connectivity index (χ2n) is 4.35. The molecule has 18 heavy (non-hydrogen) atoms. The van der Waals surface area contributed by atoms with Crippen LogP contribution in [0.15, 0.2) is 42.7 Å². The van der Waals surface area contributed by atoms with Crippen molar-refractivity contribution in [3.05, 3.63) is 54.1 Å². The molecule has 0 saturated carbocycles. The van der Waals surface area contributed by atoms with Gasteiger partial charge in [-0.25, -0.2) is 0 Å². The number of anilines is 1. The molecule has 0 saturated heterocycles. The van der Waals surface area contributed by atoms with Crippen molar-refractivity contribution in [2.75, 3.05) is 19.3 Å². The third-order valence-corrected chi connectivity index (χ3v) is 2.82. The van der Waals surface area contributed by atoms with Crippen LogP contribution in [0.4, 0.5) is 5.69 Å². The number of likely N-dealkylation sites (N-methyl/N-ethyl adjacent to an activating group) is 1. The van der Waals surface area contributed by atoms with Crippen LogP contribution in [0.2, 0.25) is 0 Å². The van der Waals surface area contributed by atoms with Gasteiger partial charge in [0.05, 0.1) is 11.4 Å². The Morgan fingerprint density at radius 1 is 1.11 bits per heavy atom. The first-order chi connectivity index (χ1) is 8.75. The van der Waals surface area contributed by atoms with Gasteiger partial charge in [-0.1, -0.05) is 6.07 Å². The van der Waals surface area contributed by atoms with E-state index in [1.165, 1.54) is 0 Å². The average Bonchev–Trinajstić information content (AvgIpc) is 2.40. The Balaban J connectivity index is 1.86. The highest BCUT2D eigenvalue weighted by atomic mass is 15.1. The molecule has 0 unspecified atom stereocenters. The molecule has 0 radical (unpaired) electrons. The van der Waals surface area contributed by atoms with Gasteiger partial charge in [-0.15, -0.1) is 0 Å². The fourth-order valence-electron chi connectivity index (χ4n) is 1.77. The van der Waals surface area contributed by atoms with Crippen LogP contribution in [0.25, 0.3) is 0 Å². The van der Waals surface area contributed by atoms with E-state index in [2.05, 4.69) is 21.9 Å². The maximum Gasteiger partial charge on any atom is 0.0772 e. The molecule has 0 amide bonds. The van der Waals surface area contributed by atoms with Gasteiger partial charge in [-0.2, -0.15) is 0 Å². The number of rotatable bonds is 5. The molecular weight excluding hydrogens is 224 g/mol. The van der Waals surface area contributed by atoms with Crippen LogP contribution in [-0.2, 0) is 13.0 Å². The van der Waals surface area contributed by atoms with Gasteiger partial charge in [0, 0.05) is 37.6 Å². The van der Waals surface area contributed by atoms with Gasteiger partial charge in [-0.05, 0) is 31.3 Å². The largest absolute Gasteiger partial charge is 0.397 e. The quantitative estimate of drug-likeness (QED) is 0.867. The normalized spacial score (nSPS) is 10.8. The lowest BCUT2D eigenvalue weighted by Crippen LogP contribution is -2.22. The van der Waals surface area contributed by atoms with Crippen molar-refractivity contribution in [1.82, 2.24) is 14.9 Å². The maximum atomic E-state index is 5.87. The van der Waals surface area contributed by atoms with E-state index in [0.29, 0.717) is 0 Å². The van der Waals surface area contributed by atoms with Crippen LogP contribution in [0.1, 0.15) is 11.4 Å². The van der Waals surface area contributed by atoms with E-state index in [-0.39, 0.29) is 0 Å². The highest BCUT2D eigenvalue weighted by molar-refractivity contribution is 5.41. The lowest BCUT2D eigenvalue weighted by atomic mass is 10.2. The molecule has 2 rings (SSSR count). The smallest absolute Gasteiger partial charge is 0.0772 e. The fourth-order valence-corrected chi connectivity index (χ4v) is 1.77. The topological polar surface area (TPSA) is 55.0 Å². The Morgan fingerprint density at radius 3 is 2.67 bits per heavy atom. The fraction of sp³-hybridized carbons (Fsp3) is 0.286. The van der Waals surface area contributed by atoms with Crippen molar-refractivity contribution in [2.45, 2.75) is 13.0 Å². The first-order valence-electron chi connectivity index (χ1n) is 6.03. The van der Waals surface area contributed by atoms with Crippen molar-refractivity contribution >= 4 is 5.69 Å². The van der Waals surface area contributed by atoms with E-state index < -0.39 is 0 Å². The summed E-state index contributed by atoms with van der Waals surface area (Å²) in [4.78, 5) is 10.8. The van der Waals surface area contributed by atoms with Crippen molar-refractivity contribution < 1.29 is 0 Å². The Kier molecular flexibility index (Phi) is 4.25. The molecule has 2 heterocycles.